The van der Waals surface area contributed by atoms with Crippen molar-refractivity contribution in [3.05, 3.63) is 71.0 Å². The summed E-state index contributed by atoms with van der Waals surface area (Å²) in [6.07, 6.45) is 1.59. The lowest BCUT2D eigenvalue weighted by Gasteiger charge is -2.36. The minimum Gasteiger partial charge on any atom is -0.381 e. The van der Waals surface area contributed by atoms with Crippen LogP contribution in [0.4, 0.5) is 4.39 Å². The van der Waals surface area contributed by atoms with E-state index in [0.29, 0.717) is 49.3 Å². The van der Waals surface area contributed by atoms with E-state index in [-0.39, 0.29) is 29.5 Å². The average molecular weight is 394 g/mol. The number of primary amides is 1. The number of nitrogens with two attached hydrogens (primary N) is 1. The molecule has 3 rings (SSSR count). The van der Waals surface area contributed by atoms with Crippen molar-refractivity contribution in [3.63, 3.8) is 0 Å². The summed E-state index contributed by atoms with van der Waals surface area (Å²) in [5.74, 6) is 4.71. The van der Waals surface area contributed by atoms with Gasteiger partial charge in [-0.2, -0.15) is 0 Å². The van der Waals surface area contributed by atoms with Crippen LogP contribution in [0, 0.1) is 23.1 Å². The van der Waals surface area contributed by atoms with Crippen LogP contribution in [0.15, 0.2) is 48.5 Å². The summed E-state index contributed by atoms with van der Waals surface area (Å²) in [5.41, 5.74) is 6.53. The number of benzene rings is 2. The van der Waals surface area contributed by atoms with Crippen molar-refractivity contribution in [1.29, 1.82) is 0 Å². The Bertz CT molecular complexity index is 939. The van der Waals surface area contributed by atoms with Crippen LogP contribution >= 0.6 is 0 Å². The lowest BCUT2D eigenvalue weighted by Crippen LogP contribution is -2.43. The molecule has 150 valence electrons. The van der Waals surface area contributed by atoms with E-state index < -0.39 is 0 Å². The fraction of sp³-hybridized carbons (Fsp3) is 0.304. The maximum absolute atomic E-state index is 13.6. The zero-order chi connectivity index (χ0) is 20.7. The van der Waals surface area contributed by atoms with Gasteiger partial charge in [-0.05, 0) is 49.2 Å². The minimum atomic E-state index is -0.376. The smallest absolute Gasteiger partial charge is 0.251 e. The molecule has 2 aromatic carbocycles. The quantitative estimate of drug-likeness (QED) is 0.765. The van der Waals surface area contributed by atoms with E-state index in [2.05, 4.69) is 17.2 Å². The largest absolute Gasteiger partial charge is 0.381 e. The van der Waals surface area contributed by atoms with Crippen LogP contribution in [-0.2, 0) is 9.53 Å². The highest BCUT2D eigenvalue weighted by molar-refractivity contribution is 5.94. The number of hydrogen-bond acceptors (Lipinski definition) is 3. The van der Waals surface area contributed by atoms with Crippen LogP contribution in [0.5, 0.6) is 0 Å². The van der Waals surface area contributed by atoms with E-state index in [4.69, 9.17) is 10.5 Å². The molecule has 1 heterocycles. The third kappa shape index (κ3) is 5.66. The average Bonchev–Trinajstić information content (AvgIpc) is 2.72. The van der Waals surface area contributed by atoms with E-state index in [1.165, 1.54) is 6.07 Å². The van der Waals surface area contributed by atoms with Crippen LogP contribution in [0.25, 0.3) is 0 Å². The fourth-order valence-corrected chi connectivity index (χ4v) is 3.37. The molecule has 0 aliphatic carbocycles. The van der Waals surface area contributed by atoms with E-state index >= 15 is 0 Å². The first kappa shape index (κ1) is 20.6. The topological polar surface area (TPSA) is 81.4 Å². The number of halogens is 1. The molecule has 1 saturated heterocycles. The molecule has 29 heavy (non-hydrogen) atoms. The van der Waals surface area contributed by atoms with Crippen LogP contribution < -0.4 is 11.1 Å². The summed E-state index contributed by atoms with van der Waals surface area (Å²) in [5, 5.41) is 2.91. The zero-order valence-corrected chi connectivity index (χ0v) is 16.0. The maximum atomic E-state index is 13.6. The molecule has 2 aromatic rings. The van der Waals surface area contributed by atoms with Gasteiger partial charge in [0.15, 0.2) is 0 Å². The van der Waals surface area contributed by atoms with Crippen LogP contribution in [0.1, 0.15) is 40.7 Å². The molecule has 0 bridgehead atoms. The van der Waals surface area contributed by atoms with E-state index in [1.807, 2.05) is 0 Å². The molecular formula is C23H23FN2O3. The van der Waals surface area contributed by atoms with Crippen molar-refractivity contribution in [1.82, 2.24) is 5.32 Å². The third-order valence-corrected chi connectivity index (χ3v) is 5.09. The normalized spacial score (nSPS) is 15.1. The maximum Gasteiger partial charge on any atom is 0.251 e. The number of carbonyl (C=O) groups excluding carboxylic acids is 2. The SMILES string of the molecule is NC(=O)CC1(CNC(=O)c2ccc(C#Cc3ccccc3F)cc2)CCOCC1. The van der Waals surface area contributed by atoms with Crippen LogP contribution in [0.2, 0.25) is 0 Å². The number of ether oxygens (including phenoxy) is 1. The lowest BCUT2D eigenvalue weighted by atomic mass is 9.77. The van der Waals surface area contributed by atoms with Gasteiger partial charge in [0.05, 0.1) is 5.56 Å². The molecule has 1 aliphatic rings. The van der Waals surface area contributed by atoms with Crippen molar-refractivity contribution in [2.75, 3.05) is 19.8 Å². The second kappa shape index (κ2) is 9.35. The van der Waals surface area contributed by atoms with Gasteiger partial charge in [0.25, 0.3) is 5.91 Å². The van der Waals surface area contributed by atoms with Crippen LogP contribution in [-0.4, -0.2) is 31.6 Å². The molecule has 6 heteroatoms. The minimum absolute atomic E-state index is 0.223. The monoisotopic (exact) mass is 394 g/mol. The number of hydrogen-bond donors (Lipinski definition) is 2. The number of rotatable bonds is 5. The van der Waals surface area contributed by atoms with Gasteiger partial charge in [-0.25, -0.2) is 4.39 Å². The second-order valence-electron chi connectivity index (χ2n) is 7.25. The van der Waals surface area contributed by atoms with Crippen molar-refractivity contribution in [3.8, 4) is 11.8 Å². The summed E-state index contributed by atoms with van der Waals surface area (Å²) in [4.78, 5) is 23.9. The molecule has 0 radical (unpaired) electrons. The summed E-state index contributed by atoms with van der Waals surface area (Å²) < 4.78 is 19.0. The Morgan fingerprint density at radius 1 is 1.07 bits per heavy atom. The van der Waals surface area contributed by atoms with Gasteiger partial charge in [-0.1, -0.05) is 24.0 Å². The van der Waals surface area contributed by atoms with Gasteiger partial charge in [0.2, 0.25) is 5.91 Å². The first-order valence-corrected chi connectivity index (χ1v) is 9.48. The summed E-state index contributed by atoms with van der Waals surface area (Å²) in [7, 11) is 0. The van der Waals surface area contributed by atoms with Crippen molar-refractivity contribution >= 4 is 11.8 Å². The van der Waals surface area contributed by atoms with Gasteiger partial charge in [0.1, 0.15) is 5.82 Å². The molecule has 0 spiro atoms. The molecule has 2 amide bonds. The first-order valence-electron chi connectivity index (χ1n) is 9.48. The Balaban J connectivity index is 1.63. The molecule has 0 atom stereocenters. The Kier molecular flexibility index (Phi) is 6.63. The van der Waals surface area contributed by atoms with Crippen molar-refractivity contribution in [2.24, 2.45) is 11.1 Å². The summed E-state index contributed by atoms with van der Waals surface area (Å²) in [6, 6.07) is 13.1. The highest BCUT2D eigenvalue weighted by atomic mass is 19.1. The van der Waals surface area contributed by atoms with Crippen LogP contribution in [0.3, 0.4) is 0 Å². The van der Waals surface area contributed by atoms with E-state index in [0.717, 1.165) is 0 Å². The Morgan fingerprint density at radius 3 is 2.41 bits per heavy atom. The second-order valence-corrected chi connectivity index (χ2v) is 7.25. The molecule has 1 fully saturated rings. The highest BCUT2D eigenvalue weighted by Crippen LogP contribution is 2.33. The molecule has 0 unspecified atom stereocenters. The van der Waals surface area contributed by atoms with Crippen molar-refractivity contribution in [2.45, 2.75) is 19.3 Å². The number of carbonyl (C=O) groups is 2. The summed E-state index contributed by atoms with van der Waals surface area (Å²) in [6.45, 7) is 1.48. The molecular weight excluding hydrogens is 371 g/mol. The molecule has 0 aromatic heterocycles. The lowest BCUT2D eigenvalue weighted by molar-refractivity contribution is -0.121. The Morgan fingerprint density at radius 2 is 1.76 bits per heavy atom. The standard InChI is InChI=1S/C23H23FN2O3/c24-20-4-2-1-3-18(20)8-5-17-6-9-19(10-7-17)22(28)26-16-23(15-21(25)27)11-13-29-14-12-23/h1-4,6-7,9-10H,11-16H2,(H2,25,27)(H,26,28). The molecule has 0 saturated carbocycles. The predicted octanol–water partition coefficient (Wildman–Crippen LogP) is 2.63. The van der Waals surface area contributed by atoms with Gasteiger partial charge in [-0.15, -0.1) is 0 Å². The van der Waals surface area contributed by atoms with Gasteiger partial charge in [-0.3, -0.25) is 9.59 Å². The van der Waals surface area contributed by atoms with Gasteiger partial charge in [0, 0.05) is 42.7 Å². The zero-order valence-electron chi connectivity index (χ0n) is 16.0. The van der Waals surface area contributed by atoms with E-state index in [1.54, 1.807) is 42.5 Å². The van der Waals surface area contributed by atoms with Gasteiger partial charge >= 0.3 is 0 Å². The highest BCUT2D eigenvalue weighted by Gasteiger charge is 2.34. The number of nitrogens with one attached hydrogen (secondary N) is 1. The molecule has 5 nitrogen and oxygen atoms in total. The summed E-state index contributed by atoms with van der Waals surface area (Å²) >= 11 is 0. The van der Waals surface area contributed by atoms with Gasteiger partial charge < -0.3 is 15.8 Å². The Labute approximate surface area is 169 Å². The Hall–Kier alpha value is -3.17. The predicted molar refractivity (Wildman–Crippen MR) is 107 cm³/mol. The fourth-order valence-electron chi connectivity index (χ4n) is 3.37. The third-order valence-electron chi connectivity index (χ3n) is 5.09. The van der Waals surface area contributed by atoms with E-state index in [9.17, 15) is 14.0 Å². The number of amides is 2. The molecule has 1 aliphatic heterocycles. The molecule has 3 N–H and O–H groups in total. The van der Waals surface area contributed by atoms with Crippen molar-refractivity contribution < 1.29 is 18.7 Å². The first-order chi connectivity index (χ1) is 14.0.